The Labute approximate surface area is 201 Å². The summed E-state index contributed by atoms with van der Waals surface area (Å²) in [7, 11) is 0. The number of H-pyrrole nitrogens is 1. The predicted octanol–water partition coefficient (Wildman–Crippen LogP) is 7.18. The Morgan fingerprint density at radius 2 is 1.38 bits per heavy atom. The van der Waals surface area contributed by atoms with E-state index in [1.54, 1.807) is 0 Å². The molecule has 1 atom stereocenters. The molecular formula is C30H32N2O2. The number of imidazole rings is 1. The van der Waals surface area contributed by atoms with Crippen LogP contribution in [-0.4, -0.2) is 21.0 Å². The Balaban J connectivity index is 1.55. The molecule has 3 aromatic carbocycles. The van der Waals surface area contributed by atoms with Crippen LogP contribution in [0.25, 0.3) is 22.5 Å². The minimum atomic E-state index is -0.710. The molecule has 1 unspecified atom stereocenters. The van der Waals surface area contributed by atoms with E-state index in [1.165, 1.54) is 5.56 Å². The molecule has 4 nitrogen and oxygen atoms in total. The van der Waals surface area contributed by atoms with Gasteiger partial charge in [0, 0.05) is 24.0 Å². The Morgan fingerprint density at radius 3 is 2.03 bits per heavy atom. The molecule has 0 aliphatic heterocycles. The first kappa shape index (κ1) is 23.5. The molecule has 0 radical (unpaired) electrons. The van der Waals surface area contributed by atoms with E-state index in [2.05, 4.69) is 71.7 Å². The first-order chi connectivity index (χ1) is 16.7. The molecule has 4 rings (SSSR count). The molecule has 0 saturated carbocycles. The smallest absolute Gasteiger partial charge is 0.303 e. The second-order valence-electron chi connectivity index (χ2n) is 8.89. The molecule has 0 aliphatic rings. The van der Waals surface area contributed by atoms with Crippen molar-refractivity contribution in [1.29, 1.82) is 0 Å². The number of benzene rings is 3. The van der Waals surface area contributed by atoms with Crippen LogP contribution in [-0.2, 0) is 17.6 Å². The van der Waals surface area contributed by atoms with Crippen molar-refractivity contribution < 1.29 is 9.90 Å². The second-order valence-corrected chi connectivity index (χ2v) is 8.89. The highest BCUT2D eigenvalue weighted by molar-refractivity contribution is 5.78. The third kappa shape index (κ3) is 6.67. The van der Waals surface area contributed by atoms with E-state index in [9.17, 15) is 4.79 Å². The second kappa shape index (κ2) is 12.0. The highest BCUT2D eigenvalue weighted by Crippen LogP contribution is 2.31. The summed E-state index contributed by atoms with van der Waals surface area (Å²) in [4.78, 5) is 19.5. The van der Waals surface area contributed by atoms with Gasteiger partial charge in [0.25, 0.3) is 0 Å². The topological polar surface area (TPSA) is 66.0 Å². The van der Waals surface area contributed by atoms with E-state index in [4.69, 9.17) is 10.1 Å². The number of nitrogens with one attached hydrogen (secondary N) is 1. The van der Waals surface area contributed by atoms with Crippen molar-refractivity contribution in [2.24, 2.45) is 5.92 Å². The van der Waals surface area contributed by atoms with Crippen LogP contribution < -0.4 is 0 Å². The highest BCUT2D eigenvalue weighted by atomic mass is 16.4. The lowest BCUT2D eigenvalue weighted by Crippen LogP contribution is -2.10. The van der Waals surface area contributed by atoms with Crippen LogP contribution in [0.4, 0.5) is 0 Å². The largest absolute Gasteiger partial charge is 0.481 e. The van der Waals surface area contributed by atoms with Gasteiger partial charge in [-0.2, -0.15) is 0 Å². The summed E-state index contributed by atoms with van der Waals surface area (Å²) >= 11 is 0. The lowest BCUT2D eigenvalue weighted by molar-refractivity contribution is -0.137. The number of carboxylic acid groups (broad SMARTS) is 1. The molecule has 0 amide bonds. The molecule has 1 heterocycles. The number of carbonyl (C=O) groups is 1. The molecule has 4 heteroatoms. The van der Waals surface area contributed by atoms with Gasteiger partial charge in [0.15, 0.2) is 0 Å². The van der Waals surface area contributed by atoms with Crippen molar-refractivity contribution in [1.82, 2.24) is 9.97 Å². The number of aromatic amines is 1. The van der Waals surface area contributed by atoms with Crippen molar-refractivity contribution in [3.05, 3.63) is 102 Å². The van der Waals surface area contributed by atoms with Gasteiger partial charge in [0.05, 0.1) is 11.4 Å². The van der Waals surface area contributed by atoms with Gasteiger partial charge in [0.1, 0.15) is 5.82 Å². The molecule has 0 bridgehead atoms. The normalized spacial score (nSPS) is 11.9. The first-order valence-corrected chi connectivity index (χ1v) is 12.1. The van der Waals surface area contributed by atoms with E-state index >= 15 is 0 Å². The summed E-state index contributed by atoms with van der Waals surface area (Å²) in [5.41, 5.74) is 5.62. The van der Waals surface area contributed by atoms with Gasteiger partial charge in [-0.15, -0.1) is 0 Å². The van der Waals surface area contributed by atoms with E-state index in [1.807, 2.05) is 24.3 Å². The summed E-state index contributed by atoms with van der Waals surface area (Å²) < 4.78 is 0. The first-order valence-electron chi connectivity index (χ1n) is 12.1. The van der Waals surface area contributed by atoms with Crippen LogP contribution in [0, 0.1) is 5.92 Å². The van der Waals surface area contributed by atoms with Crippen LogP contribution in [0.1, 0.15) is 43.5 Å². The van der Waals surface area contributed by atoms with E-state index in [0.717, 1.165) is 66.9 Å². The number of nitrogens with zero attached hydrogens (tertiary/aromatic N) is 1. The van der Waals surface area contributed by atoms with Gasteiger partial charge in [-0.25, -0.2) is 4.98 Å². The number of carboxylic acids is 1. The zero-order chi connectivity index (χ0) is 23.6. The molecule has 1 aromatic heterocycles. The standard InChI is InChI=1S/C30H32N2O2/c33-28(34)20-12-2-7-15-24(21-23-13-5-1-6-14-23)22-27-31-29(25-16-8-3-9-17-25)30(32-27)26-18-10-4-11-19-26/h1,3-6,8-11,13-14,16-19,24H,2,7,12,15,20-22H2,(H,31,32)(H,33,34). The van der Waals surface area contributed by atoms with Crippen molar-refractivity contribution in [2.45, 2.75) is 44.9 Å². The maximum Gasteiger partial charge on any atom is 0.303 e. The minimum Gasteiger partial charge on any atom is -0.481 e. The average molecular weight is 453 g/mol. The fourth-order valence-corrected chi connectivity index (χ4v) is 4.52. The SMILES string of the molecule is O=C(O)CCCCCC(Cc1ccccc1)Cc1nc(-c2ccccc2)c(-c2ccccc2)[nH]1. The highest BCUT2D eigenvalue weighted by Gasteiger charge is 2.18. The number of unbranched alkanes of at least 4 members (excludes halogenated alkanes) is 2. The Kier molecular flexibility index (Phi) is 8.28. The van der Waals surface area contributed by atoms with Crippen molar-refractivity contribution in [3.63, 3.8) is 0 Å². The summed E-state index contributed by atoms with van der Waals surface area (Å²) in [5.74, 6) is 0.730. The molecule has 0 spiro atoms. The number of hydrogen-bond donors (Lipinski definition) is 2. The van der Waals surface area contributed by atoms with Crippen molar-refractivity contribution >= 4 is 5.97 Å². The Morgan fingerprint density at radius 1 is 0.765 bits per heavy atom. The van der Waals surface area contributed by atoms with Crippen LogP contribution in [0.2, 0.25) is 0 Å². The van der Waals surface area contributed by atoms with Crippen LogP contribution in [0.15, 0.2) is 91.0 Å². The van der Waals surface area contributed by atoms with Crippen LogP contribution >= 0.6 is 0 Å². The quantitative estimate of drug-likeness (QED) is 0.224. The number of hydrogen-bond acceptors (Lipinski definition) is 2. The van der Waals surface area contributed by atoms with E-state index in [-0.39, 0.29) is 6.42 Å². The Hall–Kier alpha value is -3.66. The van der Waals surface area contributed by atoms with Crippen molar-refractivity contribution in [3.8, 4) is 22.5 Å². The number of aliphatic carboxylic acids is 1. The van der Waals surface area contributed by atoms with E-state index in [0.29, 0.717) is 5.92 Å². The van der Waals surface area contributed by atoms with Crippen molar-refractivity contribution in [2.75, 3.05) is 0 Å². The lowest BCUT2D eigenvalue weighted by atomic mass is 9.90. The summed E-state index contributed by atoms with van der Waals surface area (Å²) in [5, 5.41) is 8.92. The monoisotopic (exact) mass is 452 g/mol. The average Bonchev–Trinajstić information content (AvgIpc) is 3.29. The molecule has 4 aromatic rings. The fraction of sp³-hybridized carbons (Fsp3) is 0.267. The van der Waals surface area contributed by atoms with Crippen LogP contribution in [0.5, 0.6) is 0 Å². The lowest BCUT2D eigenvalue weighted by Gasteiger charge is -2.16. The molecule has 0 aliphatic carbocycles. The summed E-state index contributed by atoms with van der Waals surface area (Å²) in [6.07, 6.45) is 5.87. The number of rotatable bonds is 12. The number of aromatic nitrogens is 2. The minimum absolute atomic E-state index is 0.252. The van der Waals surface area contributed by atoms with Gasteiger partial charge in [-0.05, 0) is 30.7 Å². The zero-order valence-electron chi connectivity index (χ0n) is 19.5. The van der Waals surface area contributed by atoms with Gasteiger partial charge in [-0.1, -0.05) is 104 Å². The predicted molar refractivity (Wildman–Crippen MR) is 138 cm³/mol. The molecular weight excluding hydrogens is 420 g/mol. The molecule has 174 valence electrons. The molecule has 0 fully saturated rings. The molecule has 34 heavy (non-hydrogen) atoms. The maximum absolute atomic E-state index is 10.8. The van der Waals surface area contributed by atoms with E-state index < -0.39 is 5.97 Å². The molecule has 2 N–H and O–H groups in total. The fourth-order valence-electron chi connectivity index (χ4n) is 4.52. The van der Waals surface area contributed by atoms with Gasteiger partial charge < -0.3 is 10.1 Å². The third-order valence-electron chi connectivity index (χ3n) is 6.21. The third-order valence-corrected chi connectivity index (χ3v) is 6.21. The Bertz CT molecular complexity index is 1100. The van der Waals surface area contributed by atoms with Gasteiger partial charge >= 0.3 is 5.97 Å². The summed E-state index contributed by atoms with van der Waals surface area (Å²) in [6, 6.07) is 31.3. The van der Waals surface area contributed by atoms with Crippen LogP contribution in [0.3, 0.4) is 0 Å². The summed E-state index contributed by atoms with van der Waals surface area (Å²) in [6.45, 7) is 0. The van der Waals surface area contributed by atoms with Gasteiger partial charge in [0.2, 0.25) is 0 Å². The van der Waals surface area contributed by atoms with Gasteiger partial charge in [-0.3, -0.25) is 4.79 Å². The zero-order valence-corrected chi connectivity index (χ0v) is 19.5. The molecule has 0 saturated heterocycles. The maximum atomic E-state index is 10.8.